The van der Waals surface area contributed by atoms with Crippen LogP contribution in [0.25, 0.3) is 0 Å². The Bertz CT molecular complexity index is 1040. The maximum atomic E-state index is 13.2. The summed E-state index contributed by atoms with van der Waals surface area (Å²) >= 11 is 6.12. The third-order valence-electron chi connectivity index (χ3n) is 4.88. The zero-order valence-corrected chi connectivity index (χ0v) is 15.6. The van der Waals surface area contributed by atoms with Gasteiger partial charge < -0.3 is 10.0 Å². The first-order valence-corrected chi connectivity index (χ1v) is 9.18. The molecule has 0 saturated carbocycles. The summed E-state index contributed by atoms with van der Waals surface area (Å²) in [5, 5.41) is 11.7. The summed E-state index contributed by atoms with van der Waals surface area (Å²) in [5.41, 5.74) is 0.188. The van der Waals surface area contributed by atoms with E-state index in [4.69, 9.17) is 11.6 Å². The van der Waals surface area contributed by atoms with Crippen LogP contribution in [0.4, 0.5) is 5.69 Å². The summed E-state index contributed by atoms with van der Waals surface area (Å²) < 4.78 is 0. The molecule has 0 fully saturated rings. The number of carbonyl (C=O) groups excluding carboxylic acids is 2. The van der Waals surface area contributed by atoms with Crippen LogP contribution in [0.5, 0.6) is 0 Å². The van der Waals surface area contributed by atoms with E-state index in [1.165, 1.54) is 11.1 Å². The van der Waals surface area contributed by atoms with E-state index in [-0.39, 0.29) is 18.7 Å². The van der Waals surface area contributed by atoms with Crippen molar-refractivity contribution in [3.05, 3.63) is 94.8 Å². The number of aliphatic hydroxyl groups is 1. The highest BCUT2D eigenvalue weighted by Crippen LogP contribution is 2.44. The minimum absolute atomic E-state index is 0.289. The predicted octanol–water partition coefficient (Wildman–Crippen LogP) is 3.74. The van der Waals surface area contributed by atoms with E-state index >= 15 is 0 Å². The number of carbonyl (C=O) groups is 2. The third kappa shape index (κ3) is 3.19. The predicted molar refractivity (Wildman–Crippen MR) is 106 cm³/mol. The fourth-order valence-corrected chi connectivity index (χ4v) is 3.65. The summed E-state index contributed by atoms with van der Waals surface area (Å²) in [6.45, 7) is 0.289. The highest BCUT2D eigenvalue weighted by molar-refractivity contribution is 6.31. The Morgan fingerprint density at radius 2 is 1.89 bits per heavy atom. The minimum atomic E-state index is -1.97. The summed E-state index contributed by atoms with van der Waals surface area (Å²) in [4.78, 5) is 31.4. The summed E-state index contributed by atoms with van der Waals surface area (Å²) in [5.74, 6) is -0.901. The molecule has 1 aliphatic heterocycles. The molecule has 1 amide bonds. The lowest BCUT2D eigenvalue weighted by molar-refractivity contribution is -0.136. The number of Topliss-reactive ketones (excluding diaryl/α,β-unsaturated/α-hetero) is 1. The first-order valence-electron chi connectivity index (χ1n) is 8.80. The Kier molecular flexibility index (Phi) is 4.71. The highest BCUT2D eigenvalue weighted by Gasteiger charge is 2.51. The number of benzene rings is 2. The zero-order chi connectivity index (χ0) is 19.7. The summed E-state index contributed by atoms with van der Waals surface area (Å²) in [6.07, 6.45) is 2.60. The first kappa shape index (κ1) is 18.3. The third-order valence-corrected chi connectivity index (χ3v) is 5.11. The molecule has 0 spiro atoms. The van der Waals surface area contributed by atoms with Gasteiger partial charge in [-0.2, -0.15) is 0 Å². The Morgan fingerprint density at radius 3 is 2.61 bits per heavy atom. The van der Waals surface area contributed by atoms with E-state index in [0.717, 1.165) is 5.56 Å². The molecular weight excluding hydrogens is 376 g/mol. The molecule has 2 heterocycles. The zero-order valence-electron chi connectivity index (χ0n) is 14.9. The lowest BCUT2D eigenvalue weighted by Gasteiger charge is -2.23. The van der Waals surface area contributed by atoms with Crippen molar-refractivity contribution in [2.24, 2.45) is 0 Å². The molecule has 1 N–H and O–H groups in total. The second-order valence-electron chi connectivity index (χ2n) is 6.74. The van der Waals surface area contributed by atoms with Gasteiger partial charge in [0.25, 0.3) is 5.91 Å². The van der Waals surface area contributed by atoms with E-state index in [0.29, 0.717) is 21.8 Å². The molecule has 0 unspecified atom stereocenters. The second kappa shape index (κ2) is 7.19. The van der Waals surface area contributed by atoms with E-state index < -0.39 is 11.5 Å². The Labute approximate surface area is 167 Å². The normalized spacial score (nSPS) is 18.2. The number of halogens is 1. The molecule has 0 radical (unpaired) electrons. The molecular formula is C22H17ClN2O3. The molecule has 0 saturated heterocycles. The van der Waals surface area contributed by atoms with Gasteiger partial charge in [-0.15, -0.1) is 0 Å². The van der Waals surface area contributed by atoms with Gasteiger partial charge in [-0.3, -0.25) is 14.6 Å². The summed E-state index contributed by atoms with van der Waals surface area (Å²) in [6, 6.07) is 17.6. The molecule has 6 heteroatoms. The van der Waals surface area contributed by atoms with Crippen LogP contribution >= 0.6 is 11.6 Å². The number of rotatable bonds is 5. The molecule has 0 bridgehead atoms. The van der Waals surface area contributed by atoms with E-state index in [2.05, 4.69) is 4.98 Å². The van der Waals surface area contributed by atoms with Crippen molar-refractivity contribution in [2.45, 2.75) is 18.6 Å². The highest BCUT2D eigenvalue weighted by atomic mass is 35.5. The largest absolute Gasteiger partial charge is 0.375 e. The van der Waals surface area contributed by atoms with Gasteiger partial charge in [0.05, 0.1) is 18.7 Å². The number of fused-ring (bicyclic) bond motifs is 1. The van der Waals surface area contributed by atoms with Crippen molar-refractivity contribution in [1.82, 2.24) is 4.98 Å². The maximum absolute atomic E-state index is 13.2. The van der Waals surface area contributed by atoms with E-state index in [9.17, 15) is 14.7 Å². The van der Waals surface area contributed by atoms with Crippen molar-refractivity contribution in [3.63, 3.8) is 0 Å². The van der Waals surface area contributed by atoms with E-state index in [1.807, 2.05) is 30.3 Å². The van der Waals surface area contributed by atoms with Crippen LogP contribution in [0, 0.1) is 0 Å². The molecule has 4 rings (SSSR count). The number of pyridine rings is 1. The monoisotopic (exact) mass is 392 g/mol. The van der Waals surface area contributed by atoms with Gasteiger partial charge in [-0.05, 0) is 35.9 Å². The number of hydrogen-bond donors (Lipinski definition) is 1. The number of anilines is 1. The molecule has 1 atom stereocenters. The number of aromatic nitrogens is 1. The van der Waals surface area contributed by atoms with Crippen LogP contribution in [-0.2, 0) is 16.9 Å². The topological polar surface area (TPSA) is 70.5 Å². The molecule has 5 nitrogen and oxygen atoms in total. The molecule has 1 aliphatic rings. The Balaban J connectivity index is 1.72. The van der Waals surface area contributed by atoms with Gasteiger partial charge in [0, 0.05) is 28.5 Å². The number of hydrogen-bond acceptors (Lipinski definition) is 4. The van der Waals surface area contributed by atoms with Gasteiger partial charge in [-0.1, -0.05) is 41.9 Å². The van der Waals surface area contributed by atoms with Crippen LogP contribution < -0.4 is 4.90 Å². The Morgan fingerprint density at radius 1 is 1.11 bits per heavy atom. The SMILES string of the molecule is O=C(C[C@@]1(O)C(=O)N(Cc2ccccc2)c2ccc(Cl)cc21)c1cccnc1. The lowest BCUT2D eigenvalue weighted by atomic mass is 9.88. The number of ketones is 1. The number of nitrogens with zero attached hydrogens (tertiary/aromatic N) is 2. The minimum Gasteiger partial charge on any atom is -0.375 e. The van der Waals surface area contributed by atoms with Crippen LogP contribution in [0.15, 0.2) is 73.1 Å². The second-order valence-corrected chi connectivity index (χ2v) is 7.18. The van der Waals surface area contributed by atoms with Crippen molar-refractivity contribution < 1.29 is 14.7 Å². The van der Waals surface area contributed by atoms with Crippen LogP contribution in [0.1, 0.15) is 27.9 Å². The first-order chi connectivity index (χ1) is 13.5. The molecule has 3 aromatic rings. The average Bonchev–Trinajstić information content (AvgIpc) is 2.91. The molecule has 28 heavy (non-hydrogen) atoms. The van der Waals surface area contributed by atoms with Crippen LogP contribution in [0.3, 0.4) is 0 Å². The standard InChI is InChI=1S/C22H17ClN2O3/c23-17-8-9-19-18(11-17)22(28,12-20(26)16-7-4-10-24-13-16)21(27)25(19)14-15-5-2-1-3-6-15/h1-11,13,28H,12,14H2/t22-/m0/s1. The fourth-order valence-electron chi connectivity index (χ4n) is 3.48. The molecule has 2 aromatic carbocycles. The molecule has 1 aromatic heterocycles. The smallest absolute Gasteiger partial charge is 0.264 e. The lowest BCUT2D eigenvalue weighted by Crippen LogP contribution is -2.41. The van der Waals surface area contributed by atoms with Gasteiger partial charge in [0.1, 0.15) is 0 Å². The van der Waals surface area contributed by atoms with Gasteiger partial charge in [-0.25, -0.2) is 0 Å². The van der Waals surface area contributed by atoms with Crippen molar-refractivity contribution in [1.29, 1.82) is 0 Å². The number of amides is 1. The van der Waals surface area contributed by atoms with E-state index in [1.54, 1.807) is 36.5 Å². The van der Waals surface area contributed by atoms with Gasteiger partial charge in [0.15, 0.2) is 11.4 Å². The van der Waals surface area contributed by atoms with Crippen molar-refractivity contribution in [3.8, 4) is 0 Å². The Hall–Kier alpha value is -3.02. The summed E-state index contributed by atoms with van der Waals surface area (Å²) in [7, 11) is 0. The van der Waals surface area contributed by atoms with Crippen LogP contribution in [-0.4, -0.2) is 21.8 Å². The molecule has 140 valence electrons. The van der Waals surface area contributed by atoms with Crippen LogP contribution in [0.2, 0.25) is 5.02 Å². The van der Waals surface area contributed by atoms with Gasteiger partial charge in [0.2, 0.25) is 0 Å². The van der Waals surface area contributed by atoms with Gasteiger partial charge >= 0.3 is 0 Å². The maximum Gasteiger partial charge on any atom is 0.264 e. The average molecular weight is 393 g/mol. The van der Waals surface area contributed by atoms with Crippen molar-refractivity contribution >= 4 is 29.0 Å². The molecule has 0 aliphatic carbocycles. The fraction of sp³-hybridized carbons (Fsp3) is 0.136. The quantitative estimate of drug-likeness (QED) is 0.671. The van der Waals surface area contributed by atoms with Crippen molar-refractivity contribution in [2.75, 3.05) is 4.90 Å².